The van der Waals surface area contributed by atoms with Crippen molar-refractivity contribution in [1.82, 2.24) is 4.98 Å². The molecule has 0 saturated heterocycles. The second-order valence-corrected chi connectivity index (χ2v) is 5.82. The molecule has 1 aliphatic rings. The highest BCUT2D eigenvalue weighted by molar-refractivity contribution is 8.00. The zero-order valence-electron chi connectivity index (χ0n) is 10.3. The molecular formula is C13H17NO3S. The van der Waals surface area contributed by atoms with E-state index in [0.717, 1.165) is 24.2 Å². The van der Waals surface area contributed by atoms with Gasteiger partial charge in [0.25, 0.3) is 0 Å². The first-order chi connectivity index (χ1) is 8.69. The van der Waals surface area contributed by atoms with E-state index in [1.165, 1.54) is 6.42 Å². The Bertz CT molecular complexity index is 424. The largest absolute Gasteiger partial charge is 0.477 e. The molecule has 98 valence electrons. The molecule has 0 spiro atoms. The van der Waals surface area contributed by atoms with Crippen LogP contribution >= 0.6 is 11.8 Å². The molecule has 0 amide bonds. The second kappa shape index (κ2) is 6.20. The zero-order chi connectivity index (χ0) is 13.0. The van der Waals surface area contributed by atoms with Crippen LogP contribution in [0, 0.1) is 0 Å². The summed E-state index contributed by atoms with van der Waals surface area (Å²) in [6.07, 6.45) is 6.40. The smallest absolute Gasteiger partial charge is 0.354 e. The minimum atomic E-state index is -0.976. The number of carboxylic acid groups (broad SMARTS) is 1. The number of hydrogen-bond acceptors (Lipinski definition) is 4. The van der Waals surface area contributed by atoms with Gasteiger partial charge in [-0.25, -0.2) is 9.78 Å². The van der Waals surface area contributed by atoms with Crippen molar-refractivity contribution >= 4 is 17.7 Å². The van der Waals surface area contributed by atoms with E-state index in [-0.39, 0.29) is 5.69 Å². The summed E-state index contributed by atoms with van der Waals surface area (Å²) < 4.78 is 5.40. The van der Waals surface area contributed by atoms with Crippen molar-refractivity contribution in [2.45, 2.75) is 41.9 Å². The molecule has 0 radical (unpaired) electrons. The minimum absolute atomic E-state index is 0.110. The molecule has 2 atom stereocenters. The van der Waals surface area contributed by atoms with Crippen LogP contribution in [0.25, 0.3) is 0 Å². The molecule has 1 fully saturated rings. The van der Waals surface area contributed by atoms with E-state index < -0.39 is 5.97 Å². The number of aromatic nitrogens is 1. The number of pyridine rings is 1. The van der Waals surface area contributed by atoms with E-state index in [1.807, 2.05) is 6.07 Å². The standard InChI is InChI=1S/C13H17NO3S/c1-17-9-3-2-4-10(7-9)18-11-5-6-14-12(8-11)13(15)16/h5-6,8-10H,2-4,7H2,1H3,(H,15,16). The molecule has 1 N–H and O–H groups in total. The maximum Gasteiger partial charge on any atom is 0.354 e. The molecule has 1 aromatic rings. The van der Waals surface area contributed by atoms with E-state index in [1.54, 1.807) is 31.1 Å². The van der Waals surface area contributed by atoms with E-state index in [2.05, 4.69) is 4.98 Å². The molecule has 2 rings (SSSR count). The van der Waals surface area contributed by atoms with Gasteiger partial charge in [-0.1, -0.05) is 0 Å². The first-order valence-corrected chi connectivity index (χ1v) is 6.96. The molecule has 0 aromatic carbocycles. The number of thioether (sulfide) groups is 1. The van der Waals surface area contributed by atoms with E-state index in [4.69, 9.17) is 9.84 Å². The molecule has 0 bridgehead atoms. The second-order valence-electron chi connectivity index (χ2n) is 4.45. The summed E-state index contributed by atoms with van der Waals surface area (Å²) in [5.41, 5.74) is 0.110. The molecule has 1 heterocycles. The maximum absolute atomic E-state index is 10.9. The number of nitrogens with zero attached hydrogens (tertiary/aromatic N) is 1. The molecule has 0 aliphatic heterocycles. The number of ether oxygens (including phenoxy) is 1. The summed E-state index contributed by atoms with van der Waals surface area (Å²) in [7, 11) is 1.76. The highest BCUT2D eigenvalue weighted by Crippen LogP contribution is 2.34. The fourth-order valence-corrected chi connectivity index (χ4v) is 3.52. The molecule has 1 aliphatic carbocycles. The van der Waals surface area contributed by atoms with Crippen LogP contribution in [-0.4, -0.2) is 34.5 Å². The van der Waals surface area contributed by atoms with Gasteiger partial charge in [-0.3, -0.25) is 0 Å². The lowest BCUT2D eigenvalue weighted by Gasteiger charge is -2.27. The molecule has 18 heavy (non-hydrogen) atoms. The molecule has 2 unspecified atom stereocenters. The Labute approximate surface area is 111 Å². The van der Waals surface area contributed by atoms with Crippen LogP contribution in [0.1, 0.15) is 36.2 Å². The minimum Gasteiger partial charge on any atom is -0.477 e. The summed E-state index contributed by atoms with van der Waals surface area (Å²) in [4.78, 5) is 15.7. The van der Waals surface area contributed by atoms with Crippen molar-refractivity contribution in [3.05, 3.63) is 24.0 Å². The number of carbonyl (C=O) groups is 1. The zero-order valence-corrected chi connectivity index (χ0v) is 11.2. The molecule has 4 nitrogen and oxygen atoms in total. The van der Waals surface area contributed by atoms with Crippen LogP contribution in [-0.2, 0) is 4.74 Å². The van der Waals surface area contributed by atoms with Gasteiger partial charge in [-0.15, -0.1) is 11.8 Å². The van der Waals surface area contributed by atoms with E-state index in [9.17, 15) is 4.79 Å². The number of carboxylic acids is 1. The Morgan fingerprint density at radius 1 is 1.56 bits per heavy atom. The normalized spacial score (nSPS) is 23.8. The average Bonchev–Trinajstić information content (AvgIpc) is 2.39. The van der Waals surface area contributed by atoms with E-state index >= 15 is 0 Å². The number of hydrogen-bond donors (Lipinski definition) is 1. The van der Waals surface area contributed by atoms with Gasteiger partial charge in [-0.2, -0.15) is 0 Å². The third kappa shape index (κ3) is 3.46. The predicted molar refractivity (Wildman–Crippen MR) is 70.1 cm³/mol. The third-order valence-corrected chi connectivity index (χ3v) is 4.45. The van der Waals surface area contributed by atoms with Crippen molar-refractivity contribution in [2.24, 2.45) is 0 Å². The third-order valence-electron chi connectivity index (χ3n) is 3.16. The van der Waals surface area contributed by atoms with Crippen LogP contribution < -0.4 is 0 Å². The quantitative estimate of drug-likeness (QED) is 0.909. The van der Waals surface area contributed by atoms with Crippen LogP contribution in [0.4, 0.5) is 0 Å². The van der Waals surface area contributed by atoms with Crippen molar-refractivity contribution in [3.8, 4) is 0 Å². The van der Waals surface area contributed by atoms with Crippen LogP contribution in [0.2, 0.25) is 0 Å². The Kier molecular flexibility index (Phi) is 4.60. The van der Waals surface area contributed by atoms with Gasteiger partial charge in [0.2, 0.25) is 0 Å². The van der Waals surface area contributed by atoms with Crippen molar-refractivity contribution in [1.29, 1.82) is 0 Å². The lowest BCUT2D eigenvalue weighted by atomic mass is 9.97. The summed E-state index contributed by atoms with van der Waals surface area (Å²) in [5.74, 6) is -0.976. The molecule has 1 saturated carbocycles. The van der Waals surface area contributed by atoms with Gasteiger partial charge in [0.1, 0.15) is 5.69 Å². The number of rotatable bonds is 4. The maximum atomic E-state index is 10.9. The topological polar surface area (TPSA) is 59.4 Å². The van der Waals surface area contributed by atoms with Crippen LogP contribution in [0.3, 0.4) is 0 Å². The number of methoxy groups -OCH3 is 1. The first-order valence-electron chi connectivity index (χ1n) is 6.08. The monoisotopic (exact) mass is 267 g/mol. The van der Waals surface area contributed by atoms with Crippen molar-refractivity contribution in [3.63, 3.8) is 0 Å². The molecule has 5 heteroatoms. The van der Waals surface area contributed by atoms with Gasteiger partial charge < -0.3 is 9.84 Å². The van der Waals surface area contributed by atoms with Gasteiger partial charge in [0.05, 0.1) is 6.10 Å². The van der Waals surface area contributed by atoms with Gasteiger partial charge in [0, 0.05) is 23.5 Å². The Morgan fingerprint density at radius 3 is 3.11 bits per heavy atom. The molecule has 1 aromatic heterocycles. The van der Waals surface area contributed by atoms with Crippen molar-refractivity contribution in [2.75, 3.05) is 7.11 Å². The van der Waals surface area contributed by atoms with Crippen LogP contribution in [0.5, 0.6) is 0 Å². The van der Waals surface area contributed by atoms with Crippen molar-refractivity contribution < 1.29 is 14.6 Å². The fraction of sp³-hybridized carbons (Fsp3) is 0.538. The number of aromatic carboxylic acids is 1. The summed E-state index contributed by atoms with van der Waals surface area (Å²) in [6.45, 7) is 0. The molecular weight excluding hydrogens is 250 g/mol. The van der Waals surface area contributed by atoms with E-state index in [0.29, 0.717) is 11.4 Å². The Morgan fingerprint density at radius 2 is 2.39 bits per heavy atom. The van der Waals surface area contributed by atoms with Gasteiger partial charge in [0.15, 0.2) is 0 Å². The first kappa shape index (κ1) is 13.4. The average molecular weight is 267 g/mol. The lowest BCUT2D eigenvalue weighted by Crippen LogP contribution is -2.23. The Balaban J connectivity index is 2.00. The summed E-state index contributed by atoms with van der Waals surface area (Å²) in [5, 5.41) is 9.41. The van der Waals surface area contributed by atoms with Crippen LogP contribution in [0.15, 0.2) is 23.2 Å². The highest BCUT2D eigenvalue weighted by Gasteiger charge is 2.22. The summed E-state index contributed by atoms with van der Waals surface area (Å²) >= 11 is 1.73. The summed E-state index contributed by atoms with van der Waals surface area (Å²) in [6, 6.07) is 3.51. The predicted octanol–water partition coefficient (Wildman–Crippen LogP) is 2.83. The van der Waals surface area contributed by atoms with Gasteiger partial charge in [-0.05, 0) is 37.8 Å². The Hall–Kier alpha value is -1.07. The van der Waals surface area contributed by atoms with Gasteiger partial charge >= 0.3 is 5.97 Å². The lowest BCUT2D eigenvalue weighted by molar-refractivity contribution is 0.0689. The SMILES string of the molecule is COC1CCCC(Sc2ccnc(C(=O)O)c2)C1. The highest BCUT2D eigenvalue weighted by atomic mass is 32.2. The fourth-order valence-electron chi connectivity index (χ4n) is 2.22.